The first-order chi connectivity index (χ1) is 7.79. The maximum atomic E-state index is 11.1. The van der Waals surface area contributed by atoms with Crippen molar-refractivity contribution in [2.24, 2.45) is 0 Å². The standard InChI is InChI=1S/C9H6Cl2N2O3S/c1-4-2-5-6(3-7(4)17(14,15)16)13-9(11)8(10)12-5/h2-3H,1H3,(H,14,15,16). The van der Waals surface area contributed by atoms with Crippen LogP contribution < -0.4 is 0 Å². The van der Waals surface area contributed by atoms with Gasteiger partial charge in [-0.1, -0.05) is 23.2 Å². The van der Waals surface area contributed by atoms with Gasteiger partial charge in [-0.2, -0.15) is 8.42 Å². The second-order valence-electron chi connectivity index (χ2n) is 3.39. The van der Waals surface area contributed by atoms with Crippen LogP contribution in [-0.4, -0.2) is 22.9 Å². The molecule has 0 aliphatic rings. The molecule has 1 aromatic heterocycles. The van der Waals surface area contributed by atoms with Crippen LogP contribution in [0, 0.1) is 6.92 Å². The number of aromatic nitrogens is 2. The van der Waals surface area contributed by atoms with Gasteiger partial charge < -0.3 is 0 Å². The van der Waals surface area contributed by atoms with Gasteiger partial charge in [0, 0.05) is 0 Å². The molecule has 0 saturated carbocycles. The molecule has 2 aromatic rings. The Labute approximate surface area is 107 Å². The van der Waals surface area contributed by atoms with Crippen LogP contribution in [0.2, 0.25) is 10.3 Å². The van der Waals surface area contributed by atoms with E-state index in [4.69, 9.17) is 27.8 Å². The minimum absolute atomic E-state index is 0.0238. The third-order valence-electron chi connectivity index (χ3n) is 2.16. The van der Waals surface area contributed by atoms with E-state index in [1.165, 1.54) is 19.1 Å². The summed E-state index contributed by atoms with van der Waals surface area (Å²) in [6.45, 7) is 1.53. The van der Waals surface area contributed by atoms with E-state index in [1.807, 2.05) is 0 Å². The number of benzene rings is 1. The Hall–Kier alpha value is -0.950. The molecule has 17 heavy (non-hydrogen) atoms. The molecule has 0 aliphatic carbocycles. The van der Waals surface area contributed by atoms with Crippen molar-refractivity contribution in [3.8, 4) is 0 Å². The zero-order valence-corrected chi connectivity index (χ0v) is 10.8. The SMILES string of the molecule is Cc1cc2nc(Cl)c(Cl)nc2cc1S(=O)(=O)O. The van der Waals surface area contributed by atoms with E-state index >= 15 is 0 Å². The van der Waals surface area contributed by atoms with Gasteiger partial charge in [0.1, 0.15) is 0 Å². The van der Waals surface area contributed by atoms with Crippen LogP contribution in [0.25, 0.3) is 11.0 Å². The highest BCUT2D eigenvalue weighted by Gasteiger charge is 2.16. The summed E-state index contributed by atoms with van der Waals surface area (Å²) in [5.41, 5.74) is 1.01. The number of rotatable bonds is 1. The van der Waals surface area contributed by atoms with Crippen LogP contribution in [0.3, 0.4) is 0 Å². The van der Waals surface area contributed by atoms with E-state index < -0.39 is 10.1 Å². The molecule has 5 nitrogen and oxygen atoms in total. The number of halogens is 2. The second kappa shape index (κ2) is 4.06. The Bertz CT molecular complexity index is 716. The van der Waals surface area contributed by atoms with Crippen LogP contribution in [0.1, 0.15) is 5.56 Å². The van der Waals surface area contributed by atoms with Gasteiger partial charge in [-0.05, 0) is 24.6 Å². The lowest BCUT2D eigenvalue weighted by Crippen LogP contribution is -2.02. The molecule has 0 fully saturated rings. The molecule has 0 amide bonds. The molecule has 0 saturated heterocycles. The first-order valence-corrected chi connectivity index (χ1v) is 6.59. The van der Waals surface area contributed by atoms with Crippen molar-refractivity contribution < 1.29 is 13.0 Å². The zero-order valence-electron chi connectivity index (χ0n) is 8.48. The van der Waals surface area contributed by atoms with E-state index in [-0.39, 0.29) is 20.7 Å². The molecule has 1 aromatic carbocycles. The Morgan fingerprint density at radius 1 is 1.12 bits per heavy atom. The highest BCUT2D eigenvalue weighted by Crippen LogP contribution is 2.25. The van der Waals surface area contributed by atoms with Gasteiger partial charge in [0.15, 0.2) is 10.3 Å². The molecule has 0 bridgehead atoms. The summed E-state index contributed by atoms with van der Waals surface area (Å²) >= 11 is 11.4. The van der Waals surface area contributed by atoms with Crippen molar-refractivity contribution in [2.75, 3.05) is 0 Å². The Morgan fingerprint density at radius 3 is 2.06 bits per heavy atom. The number of nitrogens with zero attached hydrogens (tertiary/aromatic N) is 2. The fourth-order valence-electron chi connectivity index (χ4n) is 1.42. The van der Waals surface area contributed by atoms with Crippen LogP contribution in [-0.2, 0) is 10.1 Å². The summed E-state index contributed by atoms with van der Waals surface area (Å²) in [5.74, 6) is 0. The molecule has 8 heteroatoms. The van der Waals surface area contributed by atoms with Gasteiger partial charge in [0.25, 0.3) is 10.1 Å². The van der Waals surface area contributed by atoms with E-state index in [1.54, 1.807) is 0 Å². The fourth-order valence-corrected chi connectivity index (χ4v) is 2.42. The quantitative estimate of drug-likeness (QED) is 0.817. The Morgan fingerprint density at radius 2 is 1.59 bits per heavy atom. The maximum absolute atomic E-state index is 11.1. The average Bonchev–Trinajstić information content (AvgIpc) is 2.18. The van der Waals surface area contributed by atoms with E-state index in [9.17, 15) is 8.42 Å². The maximum Gasteiger partial charge on any atom is 0.294 e. The zero-order chi connectivity index (χ0) is 12.8. The average molecular weight is 293 g/mol. The third kappa shape index (κ3) is 2.35. The number of hydrogen-bond acceptors (Lipinski definition) is 4. The van der Waals surface area contributed by atoms with Gasteiger partial charge in [-0.15, -0.1) is 0 Å². The van der Waals surface area contributed by atoms with Crippen LogP contribution in [0.4, 0.5) is 0 Å². The summed E-state index contributed by atoms with van der Waals surface area (Å²) in [5, 5.41) is 0.0162. The number of aryl methyl sites for hydroxylation is 1. The molecule has 1 N–H and O–H groups in total. The first kappa shape index (κ1) is 12.5. The van der Waals surface area contributed by atoms with Crippen molar-refractivity contribution in [1.82, 2.24) is 9.97 Å². The van der Waals surface area contributed by atoms with Gasteiger partial charge in [0.05, 0.1) is 15.9 Å². The summed E-state index contributed by atoms with van der Waals surface area (Å²) in [6, 6.07) is 2.67. The van der Waals surface area contributed by atoms with Gasteiger partial charge >= 0.3 is 0 Å². The summed E-state index contributed by atoms with van der Waals surface area (Å²) in [4.78, 5) is 7.62. The Kier molecular flexibility index (Phi) is 2.99. The van der Waals surface area contributed by atoms with Crippen molar-refractivity contribution in [2.45, 2.75) is 11.8 Å². The van der Waals surface area contributed by atoms with Gasteiger partial charge in [-0.3, -0.25) is 4.55 Å². The smallest absolute Gasteiger partial charge is 0.282 e. The lowest BCUT2D eigenvalue weighted by Gasteiger charge is -2.05. The molecular weight excluding hydrogens is 287 g/mol. The van der Waals surface area contributed by atoms with Crippen molar-refractivity contribution in [1.29, 1.82) is 0 Å². The monoisotopic (exact) mass is 292 g/mol. The summed E-state index contributed by atoms with van der Waals surface area (Å²) < 4.78 is 31.2. The van der Waals surface area contributed by atoms with Crippen molar-refractivity contribution in [3.05, 3.63) is 28.0 Å². The molecule has 0 unspecified atom stereocenters. The minimum atomic E-state index is -4.29. The number of hydrogen-bond donors (Lipinski definition) is 1. The summed E-state index contributed by atoms with van der Waals surface area (Å²) in [6.07, 6.45) is 0. The minimum Gasteiger partial charge on any atom is -0.282 e. The molecule has 0 aliphatic heterocycles. The molecule has 90 valence electrons. The van der Waals surface area contributed by atoms with Gasteiger partial charge in [0.2, 0.25) is 0 Å². The van der Waals surface area contributed by atoms with Crippen LogP contribution in [0.15, 0.2) is 17.0 Å². The second-order valence-corrected chi connectivity index (χ2v) is 5.49. The van der Waals surface area contributed by atoms with Crippen molar-refractivity contribution in [3.63, 3.8) is 0 Å². The van der Waals surface area contributed by atoms with E-state index in [0.717, 1.165) is 0 Å². The van der Waals surface area contributed by atoms with E-state index in [0.29, 0.717) is 11.1 Å². The third-order valence-corrected chi connectivity index (χ3v) is 3.78. The first-order valence-electron chi connectivity index (χ1n) is 4.40. The molecule has 0 atom stereocenters. The molecule has 1 heterocycles. The van der Waals surface area contributed by atoms with Crippen LogP contribution >= 0.6 is 23.2 Å². The Balaban J connectivity index is 2.86. The topological polar surface area (TPSA) is 80.2 Å². The fraction of sp³-hybridized carbons (Fsp3) is 0.111. The highest BCUT2D eigenvalue weighted by molar-refractivity contribution is 7.85. The number of fused-ring (bicyclic) bond motifs is 1. The summed E-state index contributed by atoms with van der Waals surface area (Å²) in [7, 11) is -4.29. The predicted molar refractivity (Wildman–Crippen MR) is 64.1 cm³/mol. The normalized spacial score (nSPS) is 12.0. The lowest BCUT2D eigenvalue weighted by molar-refractivity contribution is 0.482. The highest BCUT2D eigenvalue weighted by atomic mass is 35.5. The molecule has 0 radical (unpaired) electrons. The van der Waals surface area contributed by atoms with E-state index in [2.05, 4.69) is 9.97 Å². The predicted octanol–water partition coefficient (Wildman–Crippen LogP) is 2.49. The van der Waals surface area contributed by atoms with Crippen LogP contribution in [0.5, 0.6) is 0 Å². The van der Waals surface area contributed by atoms with Gasteiger partial charge in [-0.25, -0.2) is 9.97 Å². The molecular formula is C9H6Cl2N2O3S. The molecule has 0 spiro atoms. The lowest BCUT2D eigenvalue weighted by atomic mass is 10.2. The largest absolute Gasteiger partial charge is 0.294 e. The van der Waals surface area contributed by atoms with Crippen molar-refractivity contribution >= 4 is 44.4 Å². The molecule has 2 rings (SSSR count).